The lowest BCUT2D eigenvalue weighted by Crippen LogP contribution is -2.18. The molecule has 0 unspecified atom stereocenters. The molecule has 0 bridgehead atoms. The van der Waals surface area contributed by atoms with Crippen LogP contribution >= 0.6 is 23.2 Å². The maximum absolute atomic E-state index is 13.9. The molecule has 3 rings (SSSR count). The fraction of sp³-hybridized carbons (Fsp3) is 0.211. The lowest BCUT2D eigenvalue weighted by atomic mass is 9.94. The number of aromatic nitrogens is 1. The van der Waals surface area contributed by atoms with Crippen LogP contribution in [0.3, 0.4) is 0 Å². The molecule has 26 heavy (non-hydrogen) atoms. The molecule has 0 radical (unpaired) electrons. The highest BCUT2D eigenvalue weighted by atomic mass is 35.5. The van der Waals surface area contributed by atoms with E-state index < -0.39 is 7.40 Å². The summed E-state index contributed by atoms with van der Waals surface area (Å²) >= 11 is 12.9. The highest BCUT2D eigenvalue weighted by Crippen LogP contribution is 2.42. The summed E-state index contributed by atoms with van der Waals surface area (Å²) in [5, 5.41) is 0.790. The van der Waals surface area contributed by atoms with Gasteiger partial charge in [0, 0.05) is 28.2 Å². The van der Waals surface area contributed by atoms with E-state index in [9.17, 15) is 8.63 Å². The van der Waals surface area contributed by atoms with E-state index in [2.05, 4.69) is 4.99 Å². The quantitative estimate of drug-likeness (QED) is 0.540. The monoisotopic (exact) mass is 392 g/mol. The lowest BCUT2D eigenvalue weighted by molar-refractivity contribution is 0.624. The van der Waals surface area contributed by atoms with Crippen LogP contribution in [0.1, 0.15) is 36.4 Å². The molecule has 1 aromatic carbocycles. The molecule has 0 atom stereocenters. The second-order valence-corrected chi connectivity index (χ2v) is 7.18. The second kappa shape index (κ2) is 7.05. The van der Waals surface area contributed by atoms with E-state index in [-0.39, 0.29) is 0 Å². The van der Waals surface area contributed by atoms with Gasteiger partial charge >= 0.3 is 7.40 Å². The molecule has 0 amide bonds. The molecule has 2 heterocycles. The summed E-state index contributed by atoms with van der Waals surface area (Å²) in [6.07, 6.45) is 1.91. The van der Waals surface area contributed by atoms with Gasteiger partial charge in [-0.2, -0.15) is 0 Å². The summed E-state index contributed by atoms with van der Waals surface area (Å²) < 4.78 is 28.7. The molecule has 0 N–H and O–H groups in total. The van der Waals surface area contributed by atoms with E-state index in [1.54, 1.807) is 38.1 Å². The largest absolute Gasteiger partial charge is 0.677 e. The normalized spacial score (nSPS) is 15.8. The van der Waals surface area contributed by atoms with Gasteiger partial charge in [0.2, 0.25) is 0 Å². The van der Waals surface area contributed by atoms with Crippen LogP contribution in [0.2, 0.25) is 10.0 Å². The molecule has 1 aromatic heterocycles. The molecular formula is C19H17BCl2F2N2. The summed E-state index contributed by atoms with van der Waals surface area (Å²) in [6.45, 7) is 7.23. The minimum absolute atomic E-state index is 0.383. The maximum atomic E-state index is 13.9. The Morgan fingerprint density at radius 1 is 1.08 bits per heavy atom. The third-order valence-corrected chi connectivity index (χ3v) is 5.02. The van der Waals surface area contributed by atoms with Crippen LogP contribution in [-0.4, -0.2) is 17.6 Å². The van der Waals surface area contributed by atoms with Crippen molar-refractivity contribution in [3.63, 3.8) is 0 Å². The molecule has 2 aromatic rings. The molecule has 2 nitrogen and oxygen atoms in total. The zero-order valence-electron chi connectivity index (χ0n) is 14.9. The first kappa shape index (κ1) is 18.9. The second-order valence-electron chi connectivity index (χ2n) is 6.37. The number of benzene rings is 1. The number of aryl methyl sites for hydroxylation is 2. The van der Waals surface area contributed by atoms with Crippen LogP contribution in [-0.2, 0) is 0 Å². The van der Waals surface area contributed by atoms with E-state index in [1.807, 2.05) is 19.9 Å². The molecule has 1 aliphatic heterocycles. The Morgan fingerprint density at radius 3 is 2.19 bits per heavy atom. The lowest BCUT2D eigenvalue weighted by Gasteiger charge is -2.18. The van der Waals surface area contributed by atoms with Crippen LogP contribution < -0.4 is 0 Å². The predicted octanol–water partition coefficient (Wildman–Crippen LogP) is 6.36. The smallest absolute Gasteiger partial charge is 0.329 e. The summed E-state index contributed by atoms with van der Waals surface area (Å²) in [6, 6.07) is 6.86. The summed E-state index contributed by atoms with van der Waals surface area (Å²) in [4.78, 5) is 4.58. The molecule has 0 saturated carbocycles. The van der Waals surface area contributed by atoms with Gasteiger partial charge < -0.3 is 4.48 Å². The maximum Gasteiger partial charge on any atom is 0.677 e. The Balaban J connectivity index is 2.48. The molecule has 1 aliphatic rings. The van der Waals surface area contributed by atoms with Gasteiger partial charge in [-0.25, -0.2) is 0 Å². The van der Waals surface area contributed by atoms with Gasteiger partial charge in [0.05, 0.1) is 15.7 Å². The Hall–Kier alpha value is -1.85. The highest BCUT2D eigenvalue weighted by Gasteiger charge is 2.30. The van der Waals surface area contributed by atoms with Crippen LogP contribution in [0, 0.1) is 13.8 Å². The topological polar surface area (TPSA) is 17.3 Å². The van der Waals surface area contributed by atoms with E-state index in [0.717, 1.165) is 15.8 Å². The number of hydrogen-bond donors (Lipinski definition) is 0. The number of allylic oxidation sites excluding steroid dienone is 2. The SMILES string of the molecule is CC1=CC(C)=N/C1=C(\c1c(Cl)cccc1Cl)c1c(C)cc(C)n1B(F)F. The molecule has 0 spiro atoms. The zero-order valence-corrected chi connectivity index (χ0v) is 16.4. The number of aliphatic imine (C=N–C) groups is 1. The Morgan fingerprint density at radius 2 is 1.69 bits per heavy atom. The van der Waals surface area contributed by atoms with E-state index in [4.69, 9.17) is 23.2 Å². The van der Waals surface area contributed by atoms with Gasteiger partial charge in [0.25, 0.3) is 0 Å². The fourth-order valence-electron chi connectivity index (χ4n) is 3.40. The standard InChI is InChI=1S/C19H17BCl2F2N2/c1-10-8-12(3)25-18(10)17(16-14(21)6-5-7-15(16)22)19-11(2)9-13(4)26(19)20(23)24/h5-9H,1-4H3/b18-17+. The van der Waals surface area contributed by atoms with Gasteiger partial charge in [-0.3, -0.25) is 13.6 Å². The number of rotatable bonds is 3. The molecular weight excluding hydrogens is 376 g/mol. The van der Waals surface area contributed by atoms with Crippen LogP contribution in [0.4, 0.5) is 8.63 Å². The van der Waals surface area contributed by atoms with Crippen molar-refractivity contribution in [2.75, 3.05) is 0 Å². The van der Waals surface area contributed by atoms with Crippen molar-refractivity contribution < 1.29 is 8.63 Å². The van der Waals surface area contributed by atoms with E-state index in [1.165, 1.54) is 0 Å². The van der Waals surface area contributed by atoms with Crippen LogP contribution in [0.5, 0.6) is 0 Å². The first-order valence-corrected chi connectivity index (χ1v) is 8.87. The number of hydrogen-bond acceptors (Lipinski definition) is 1. The predicted molar refractivity (Wildman–Crippen MR) is 107 cm³/mol. The van der Waals surface area contributed by atoms with E-state index >= 15 is 0 Å². The average molecular weight is 393 g/mol. The first-order chi connectivity index (χ1) is 12.2. The average Bonchev–Trinajstić information content (AvgIpc) is 3.01. The van der Waals surface area contributed by atoms with Crippen molar-refractivity contribution in [2.45, 2.75) is 27.7 Å². The number of halogens is 4. The van der Waals surface area contributed by atoms with Crippen molar-refractivity contribution >= 4 is 41.9 Å². The fourth-order valence-corrected chi connectivity index (χ4v) is 3.99. The first-order valence-electron chi connectivity index (χ1n) is 8.12. The van der Waals surface area contributed by atoms with Gasteiger partial charge in [0.1, 0.15) is 0 Å². The molecule has 134 valence electrons. The molecule has 0 fully saturated rings. The van der Waals surface area contributed by atoms with Crippen molar-refractivity contribution in [1.82, 2.24) is 4.48 Å². The van der Waals surface area contributed by atoms with Crippen LogP contribution in [0.15, 0.2) is 46.6 Å². The molecule has 7 heteroatoms. The van der Waals surface area contributed by atoms with Gasteiger partial charge in [-0.1, -0.05) is 29.3 Å². The third kappa shape index (κ3) is 3.14. The minimum Gasteiger partial charge on any atom is -0.329 e. The zero-order chi connectivity index (χ0) is 19.2. The molecule has 0 saturated heterocycles. The van der Waals surface area contributed by atoms with Crippen molar-refractivity contribution in [3.05, 3.63) is 74.2 Å². The Bertz CT molecular complexity index is 967. The molecule has 0 aliphatic carbocycles. The van der Waals surface area contributed by atoms with E-state index in [0.29, 0.717) is 43.8 Å². The summed E-state index contributed by atoms with van der Waals surface area (Å²) in [5.74, 6) is 0. The Kier molecular flexibility index (Phi) is 5.13. The summed E-state index contributed by atoms with van der Waals surface area (Å²) in [7, 11) is -2.69. The van der Waals surface area contributed by atoms with Crippen molar-refractivity contribution in [3.8, 4) is 0 Å². The minimum atomic E-state index is -2.69. The Labute approximate surface area is 162 Å². The van der Waals surface area contributed by atoms with Crippen molar-refractivity contribution in [2.24, 2.45) is 4.99 Å². The van der Waals surface area contributed by atoms with Gasteiger partial charge in [-0.15, -0.1) is 0 Å². The van der Waals surface area contributed by atoms with Gasteiger partial charge in [-0.05, 0) is 63.1 Å². The number of nitrogens with zero attached hydrogens (tertiary/aromatic N) is 2. The third-order valence-electron chi connectivity index (χ3n) is 4.39. The summed E-state index contributed by atoms with van der Waals surface area (Å²) in [5.41, 5.74) is 4.91. The van der Waals surface area contributed by atoms with Crippen molar-refractivity contribution in [1.29, 1.82) is 0 Å². The highest BCUT2D eigenvalue weighted by molar-refractivity contribution is 6.42. The van der Waals surface area contributed by atoms with Crippen LogP contribution in [0.25, 0.3) is 5.57 Å². The van der Waals surface area contributed by atoms with Gasteiger partial charge in [0.15, 0.2) is 0 Å².